The number of likely N-dealkylation sites (N-methyl/N-ethyl adjacent to an activating group) is 2. The SMILES string of the molecule is CC[C@@H]1OC(=O)[C@H](C)C(=O)[C@H](C)[C@@H](O[C@@H]2O[C@H](C)C[C@H](N(C)C)[C@H]2OC(C)=O)[C@@](C)(OC/C=C/c2cnc3ccccc3c2)C[C@@H](C)CN(C)[C@@H](C)C2OC(=O)OC21C. The van der Waals surface area contributed by atoms with Gasteiger partial charge in [0.2, 0.25) is 0 Å². The zero-order valence-electron chi connectivity index (χ0n) is 36.8. The van der Waals surface area contributed by atoms with Gasteiger partial charge < -0.3 is 38.1 Å². The summed E-state index contributed by atoms with van der Waals surface area (Å²) in [7, 11) is 5.77. The molecule has 0 radical (unpaired) electrons. The summed E-state index contributed by atoms with van der Waals surface area (Å²) >= 11 is 0. The summed E-state index contributed by atoms with van der Waals surface area (Å²) in [4.78, 5) is 62.6. The van der Waals surface area contributed by atoms with Crippen molar-refractivity contribution < 1.29 is 52.3 Å². The molecule has 3 saturated heterocycles. The van der Waals surface area contributed by atoms with Crippen LogP contribution in [-0.2, 0) is 47.5 Å². The molecule has 4 heterocycles. The molecule has 0 spiro atoms. The average Bonchev–Trinajstić information content (AvgIpc) is 3.50. The van der Waals surface area contributed by atoms with Crippen LogP contribution in [0.1, 0.15) is 87.1 Å². The van der Waals surface area contributed by atoms with Crippen molar-refractivity contribution in [3.05, 3.63) is 48.2 Å². The van der Waals surface area contributed by atoms with Gasteiger partial charge in [-0.05, 0) is 98.6 Å². The van der Waals surface area contributed by atoms with Crippen LogP contribution in [0.15, 0.2) is 42.6 Å². The number of hydrogen-bond donors (Lipinski definition) is 0. The lowest BCUT2D eigenvalue weighted by atomic mass is 9.78. The van der Waals surface area contributed by atoms with Crippen LogP contribution < -0.4 is 0 Å². The number of cyclic esters (lactones) is 1. The Bertz CT molecular complexity index is 1840. The lowest BCUT2D eigenvalue weighted by molar-refractivity contribution is -0.299. The first-order valence-electron chi connectivity index (χ1n) is 20.9. The molecule has 0 N–H and O–H groups in total. The van der Waals surface area contributed by atoms with Crippen LogP contribution in [0, 0.1) is 17.8 Å². The van der Waals surface area contributed by atoms with E-state index in [1.54, 1.807) is 20.0 Å². The molecule has 3 aliphatic heterocycles. The summed E-state index contributed by atoms with van der Waals surface area (Å²) in [5, 5.41) is 1.01. The van der Waals surface area contributed by atoms with Gasteiger partial charge >= 0.3 is 18.1 Å². The minimum Gasteiger partial charge on any atom is -0.457 e. The fourth-order valence-electron chi connectivity index (χ4n) is 9.21. The van der Waals surface area contributed by atoms with Crippen LogP contribution in [0.5, 0.6) is 0 Å². The van der Waals surface area contributed by atoms with Crippen molar-refractivity contribution in [3.8, 4) is 0 Å². The van der Waals surface area contributed by atoms with Gasteiger partial charge in [0.25, 0.3) is 0 Å². The molecule has 2 aromatic rings. The molecule has 59 heavy (non-hydrogen) atoms. The van der Waals surface area contributed by atoms with E-state index in [9.17, 15) is 19.2 Å². The van der Waals surface area contributed by atoms with Gasteiger partial charge in [0.1, 0.15) is 12.0 Å². The molecule has 0 aliphatic carbocycles. The fourth-order valence-corrected chi connectivity index (χ4v) is 9.21. The van der Waals surface area contributed by atoms with E-state index in [0.29, 0.717) is 25.8 Å². The summed E-state index contributed by atoms with van der Waals surface area (Å²) in [6, 6.07) is 9.33. The monoisotopic (exact) mass is 823 g/mol. The van der Waals surface area contributed by atoms with Crippen LogP contribution in [0.25, 0.3) is 17.0 Å². The van der Waals surface area contributed by atoms with Crippen molar-refractivity contribution in [2.24, 2.45) is 17.8 Å². The van der Waals surface area contributed by atoms with Gasteiger partial charge in [-0.15, -0.1) is 0 Å². The Morgan fingerprint density at radius 3 is 2.46 bits per heavy atom. The van der Waals surface area contributed by atoms with Crippen LogP contribution in [0.3, 0.4) is 0 Å². The van der Waals surface area contributed by atoms with E-state index in [4.69, 9.17) is 33.2 Å². The third-order valence-electron chi connectivity index (χ3n) is 12.4. The van der Waals surface area contributed by atoms with Gasteiger partial charge in [-0.1, -0.05) is 51.1 Å². The number of carbonyl (C=O) groups excluding carboxylic acids is 4. The van der Waals surface area contributed by atoms with Crippen LogP contribution >= 0.6 is 0 Å². The summed E-state index contributed by atoms with van der Waals surface area (Å²) in [6.45, 7) is 16.7. The first-order chi connectivity index (χ1) is 27.8. The molecular weight excluding hydrogens is 759 g/mol. The number of fused-ring (bicyclic) bond motifs is 2. The van der Waals surface area contributed by atoms with Gasteiger partial charge in [0.15, 0.2) is 29.9 Å². The molecule has 3 fully saturated rings. The van der Waals surface area contributed by atoms with E-state index in [0.717, 1.165) is 16.5 Å². The zero-order chi connectivity index (χ0) is 43.4. The van der Waals surface area contributed by atoms with Crippen LogP contribution in [0.2, 0.25) is 0 Å². The molecule has 14 nitrogen and oxygen atoms in total. The quantitative estimate of drug-likeness (QED) is 0.160. The molecule has 13 atom stereocenters. The minimum absolute atomic E-state index is 0.0776. The van der Waals surface area contributed by atoms with E-state index in [1.807, 2.05) is 90.2 Å². The second-order valence-corrected chi connectivity index (χ2v) is 17.5. The Hall–Kier alpha value is -3.95. The van der Waals surface area contributed by atoms with Crippen molar-refractivity contribution in [1.29, 1.82) is 0 Å². The first-order valence-corrected chi connectivity index (χ1v) is 20.9. The third kappa shape index (κ3) is 10.5. The van der Waals surface area contributed by atoms with Crippen molar-refractivity contribution >= 4 is 40.9 Å². The van der Waals surface area contributed by atoms with Gasteiger partial charge in [0, 0.05) is 37.0 Å². The van der Waals surface area contributed by atoms with Crippen LogP contribution in [-0.4, -0.2) is 133 Å². The number of esters is 2. The maximum Gasteiger partial charge on any atom is 0.509 e. The number of para-hydroxylation sites is 1. The number of rotatable bonds is 9. The maximum absolute atomic E-state index is 14.7. The Morgan fingerprint density at radius 1 is 1.07 bits per heavy atom. The van der Waals surface area contributed by atoms with Crippen molar-refractivity contribution in [2.45, 2.75) is 142 Å². The highest BCUT2D eigenvalue weighted by Crippen LogP contribution is 2.40. The Morgan fingerprint density at radius 2 is 1.78 bits per heavy atom. The van der Waals surface area contributed by atoms with Crippen LogP contribution in [0.4, 0.5) is 4.79 Å². The van der Waals surface area contributed by atoms with E-state index < -0.39 is 77.6 Å². The third-order valence-corrected chi connectivity index (χ3v) is 12.4. The average molecular weight is 824 g/mol. The predicted octanol–water partition coefficient (Wildman–Crippen LogP) is 6.22. The Kier molecular flexibility index (Phi) is 15.0. The molecule has 5 rings (SSSR count). The molecule has 0 bridgehead atoms. The number of Topliss-reactive ketones (excluding diaryl/α,β-unsaturated/α-hetero) is 1. The van der Waals surface area contributed by atoms with Gasteiger partial charge in [-0.25, -0.2) is 4.79 Å². The second-order valence-electron chi connectivity index (χ2n) is 17.5. The highest BCUT2D eigenvalue weighted by molar-refractivity contribution is 6.00. The largest absolute Gasteiger partial charge is 0.509 e. The molecule has 1 aromatic carbocycles. The smallest absolute Gasteiger partial charge is 0.457 e. The number of ether oxygens (including phenoxy) is 7. The van der Waals surface area contributed by atoms with Crippen molar-refractivity contribution in [3.63, 3.8) is 0 Å². The standard InChI is InChI=1S/C45H65N3O11/c1-13-36-45(9)40(58-43(52)59-45)30(6)48(12)25-26(2)23-44(8,53-20-16-17-32-22-33-18-14-15-19-34(33)46-24-32)39(28(4)37(50)29(5)41(51)56-36)57-42-38(55-31(7)49)35(47(10)11)21-27(3)54-42/h14-19,22,24,26-30,35-36,38-40,42H,13,20-21,23,25H2,1-12H3/b17-16+/t26-,27-,28+,29-,30+,35+,36+,38-,39-,40?,42+,44+,45?/m1/s1. The predicted molar refractivity (Wildman–Crippen MR) is 221 cm³/mol. The number of pyridine rings is 1. The molecule has 326 valence electrons. The minimum atomic E-state index is -1.31. The summed E-state index contributed by atoms with van der Waals surface area (Å²) in [6.07, 6.45) is 1.22. The van der Waals surface area contributed by atoms with E-state index in [-0.39, 0.29) is 30.7 Å². The molecule has 1 aromatic heterocycles. The number of benzene rings is 1. The lowest BCUT2D eigenvalue weighted by Gasteiger charge is -2.48. The fraction of sp³-hybridized carbons (Fsp3) is 0.667. The highest BCUT2D eigenvalue weighted by Gasteiger charge is 2.58. The highest BCUT2D eigenvalue weighted by atomic mass is 16.8. The molecule has 3 aliphatic rings. The summed E-state index contributed by atoms with van der Waals surface area (Å²) in [5.41, 5.74) is -0.710. The Labute approximate surface area is 349 Å². The number of nitrogens with zero attached hydrogens (tertiary/aromatic N) is 3. The topological polar surface area (TPSA) is 152 Å². The number of carbonyl (C=O) groups is 4. The summed E-state index contributed by atoms with van der Waals surface area (Å²) in [5.74, 6) is -3.95. The zero-order valence-corrected chi connectivity index (χ0v) is 36.8. The van der Waals surface area contributed by atoms with E-state index in [2.05, 4.69) is 22.9 Å². The Balaban J connectivity index is 1.57. The number of hydrogen-bond acceptors (Lipinski definition) is 14. The molecule has 14 heteroatoms. The lowest BCUT2D eigenvalue weighted by Crippen LogP contribution is -2.60. The normalized spacial score (nSPS) is 36.7. The van der Waals surface area contributed by atoms with Gasteiger partial charge in [-0.2, -0.15) is 0 Å². The maximum atomic E-state index is 14.7. The van der Waals surface area contributed by atoms with Gasteiger partial charge in [-0.3, -0.25) is 24.3 Å². The van der Waals surface area contributed by atoms with Crippen molar-refractivity contribution in [1.82, 2.24) is 14.8 Å². The van der Waals surface area contributed by atoms with E-state index in [1.165, 1.54) is 13.8 Å². The summed E-state index contributed by atoms with van der Waals surface area (Å²) < 4.78 is 43.9. The number of ketones is 1. The molecule has 0 amide bonds. The molecule has 2 unspecified atom stereocenters. The van der Waals surface area contributed by atoms with Crippen molar-refractivity contribution in [2.75, 3.05) is 34.3 Å². The molecule has 0 saturated carbocycles. The number of aromatic nitrogens is 1. The first kappa shape index (κ1) is 46.1. The van der Waals surface area contributed by atoms with E-state index >= 15 is 0 Å². The molecular formula is C45H65N3O11. The van der Waals surface area contributed by atoms with Gasteiger partial charge in [0.05, 0.1) is 36.0 Å². The second kappa shape index (κ2) is 19.2.